The summed E-state index contributed by atoms with van der Waals surface area (Å²) in [6.45, 7) is 9.51. The molecule has 0 aliphatic carbocycles. The van der Waals surface area contributed by atoms with Crippen molar-refractivity contribution in [2.75, 3.05) is 11.9 Å². The first-order valence-electron chi connectivity index (χ1n) is 7.29. The molecule has 1 aromatic heterocycles. The third-order valence-corrected chi connectivity index (χ3v) is 3.41. The summed E-state index contributed by atoms with van der Waals surface area (Å²) in [7, 11) is 0. The number of rotatable bonds is 4. The van der Waals surface area contributed by atoms with Crippen molar-refractivity contribution in [2.24, 2.45) is 0 Å². The minimum atomic E-state index is -0.0211. The second-order valence-electron chi connectivity index (χ2n) is 6.15. The molecular formula is C17H22ClN3. The summed E-state index contributed by atoms with van der Waals surface area (Å²) in [5, 5.41) is 4.07. The van der Waals surface area contributed by atoms with Gasteiger partial charge in [0.1, 0.15) is 5.82 Å². The molecule has 3 nitrogen and oxygen atoms in total. The fourth-order valence-electron chi connectivity index (χ4n) is 1.90. The maximum atomic E-state index is 5.95. The number of anilines is 1. The molecule has 0 bridgehead atoms. The van der Waals surface area contributed by atoms with Crippen LogP contribution in [0, 0.1) is 0 Å². The van der Waals surface area contributed by atoms with Gasteiger partial charge in [0.25, 0.3) is 0 Å². The molecule has 4 heteroatoms. The molecule has 0 fully saturated rings. The number of nitrogens with one attached hydrogen (secondary N) is 1. The van der Waals surface area contributed by atoms with Crippen LogP contribution in [0.2, 0.25) is 5.02 Å². The van der Waals surface area contributed by atoms with E-state index in [1.165, 1.54) is 0 Å². The summed E-state index contributed by atoms with van der Waals surface area (Å²) < 4.78 is 0. The molecule has 0 spiro atoms. The van der Waals surface area contributed by atoms with Crippen molar-refractivity contribution in [3.63, 3.8) is 0 Å². The van der Waals surface area contributed by atoms with E-state index in [0.717, 1.165) is 40.9 Å². The van der Waals surface area contributed by atoms with Crippen LogP contribution in [0.4, 0.5) is 5.82 Å². The standard InChI is InChI=1S/C17H22ClN3/c1-5-10-19-15-11-14(17(2,3)4)20-16(21-15)12-6-8-13(18)9-7-12/h6-9,11H,5,10H2,1-4H3,(H,19,20,21). The highest BCUT2D eigenvalue weighted by atomic mass is 35.5. The molecular weight excluding hydrogens is 282 g/mol. The van der Waals surface area contributed by atoms with E-state index in [1.54, 1.807) is 0 Å². The molecule has 1 aromatic carbocycles. The van der Waals surface area contributed by atoms with Crippen LogP contribution in [0.25, 0.3) is 11.4 Å². The van der Waals surface area contributed by atoms with E-state index in [9.17, 15) is 0 Å². The first-order valence-corrected chi connectivity index (χ1v) is 7.67. The molecule has 2 aromatic rings. The molecule has 2 rings (SSSR count). The van der Waals surface area contributed by atoms with Gasteiger partial charge in [-0.15, -0.1) is 0 Å². The lowest BCUT2D eigenvalue weighted by atomic mass is 9.91. The quantitative estimate of drug-likeness (QED) is 0.871. The van der Waals surface area contributed by atoms with Gasteiger partial charge in [0.2, 0.25) is 0 Å². The van der Waals surface area contributed by atoms with Crippen LogP contribution in [0.1, 0.15) is 39.8 Å². The van der Waals surface area contributed by atoms with Crippen molar-refractivity contribution >= 4 is 17.4 Å². The molecule has 0 saturated heterocycles. The molecule has 0 amide bonds. The smallest absolute Gasteiger partial charge is 0.161 e. The van der Waals surface area contributed by atoms with Gasteiger partial charge in [-0.05, 0) is 30.7 Å². The average Bonchev–Trinajstić information content (AvgIpc) is 2.44. The lowest BCUT2D eigenvalue weighted by Crippen LogP contribution is -2.16. The SMILES string of the molecule is CCCNc1cc(C(C)(C)C)nc(-c2ccc(Cl)cc2)n1. The molecule has 0 radical (unpaired) electrons. The van der Waals surface area contributed by atoms with Gasteiger partial charge in [-0.3, -0.25) is 0 Å². The van der Waals surface area contributed by atoms with Gasteiger partial charge < -0.3 is 5.32 Å². The number of benzene rings is 1. The predicted octanol–water partition coefficient (Wildman–Crippen LogP) is 4.92. The van der Waals surface area contributed by atoms with Crippen LogP contribution >= 0.6 is 11.6 Å². The molecule has 0 aliphatic heterocycles. The topological polar surface area (TPSA) is 37.8 Å². The maximum absolute atomic E-state index is 5.95. The highest BCUT2D eigenvalue weighted by Gasteiger charge is 2.18. The number of nitrogens with zero attached hydrogens (tertiary/aromatic N) is 2. The van der Waals surface area contributed by atoms with Crippen LogP contribution in [0.3, 0.4) is 0 Å². The molecule has 1 N–H and O–H groups in total. The van der Waals surface area contributed by atoms with Gasteiger partial charge >= 0.3 is 0 Å². The number of aromatic nitrogens is 2. The summed E-state index contributed by atoms with van der Waals surface area (Å²) >= 11 is 5.95. The Kier molecular flexibility index (Phi) is 4.84. The Morgan fingerprint density at radius 2 is 1.76 bits per heavy atom. The lowest BCUT2D eigenvalue weighted by molar-refractivity contribution is 0.568. The molecule has 1 heterocycles. The molecule has 0 atom stereocenters. The second-order valence-corrected chi connectivity index (χ2v) is 6.58. The van der Waals surface area contributed by atoms with Crippen molar-refractivity contribution in [3.05, 3.63) is 41.0 Å². The minimum absolute atomic E-state index is 0.0211. The van der Waals surface area contributed by atoms with Crippen LogP contribution < -0.4 is 5.32 Å². The van der Waals surface area contributed by atoms with Crippen molar-refractivity contribution < 1.29 is 0 Å². The zero-order valence-electron chi connectivity index (χ0n) is 13.1. The van der Waals surface area contributed by atoms with Crippen molar-refractivity contribution in [2.45, 2.75) is 39.5 Å². The Morgan fingerprint density at radius 1 is 1.10 bits per heavy atom. The third kappa shape index (κ3) is 4.18. The van der Waals surface area contributed by atoms with Gasteiger partial charge in [-0.25, -0.2) is 9.97 Å². The van der Waals surface area contributed by atoms with E-state index < -0.39 is 0 Å². The van der Waals surface area contributed by atoms with E-state index in [2.05, 4.69) is 38.0 Å². The Balaban J connectivity index is 2.46. The van der Waals surface area contributed by atoms with Gasteiger partial charge in [-0.1, -0.05) is 39.3 Å². The average molecular weight is 304 g/mol. The van der Waals surface area contributed by atoms with Gasteiger partial charge in [-0.2, -0.15) is 0 Å². The van der Waals surface area contributed by atoms with Crippen molar-refractivity contribution in [1.29, 1.82) is 0 Å². The normalized spacial score (nSPS) is 11.5. The minimum Gasteiger partial charge on any atom is -0.370 e. The molecule has 112 valence electrons. The summed E-state index contributed by atoms with van der Waals surface area (Å²) in [6.07, 6.45) is 1.06. The first-order chi connectivity index (χ1) is 9.90. The lowest BCUT2D eigenvalue weighted by Gasteiger charge is -2.19. The molecule has 21 heavy (non-hydrogen) atoms. The van der Waals surface area contributed by atoms with Crippen LogP contribution in [0.15, 0.2) is 30.3 Å². The van der Waals surface area contributed by atoms with Crippen LogP contribution in [-0.2, 0) is 5.41 Å². The maximum Gasteiger partial charge on any atom is 0.161 e. The molecule has 0 aliphatic rings. The summed E-state index contributed by atoms with van der Waals surface area (Å²) in [4.78, 5) is 9.34. The van der Waals surface area contributed by atoms with Crippen molar-refractivity contribution in [3.8, 4) is 11.4 Å². The van der Waals surface area contributed by atoms with E-state index in [-0.39, 0.29) is 5.41 Å². The monoisotopic (exact) mass is 303 g/mol. The fourth-order valence-corrected chi connectivity index (χ4v) is 2.03. The number of hydrogen-bond acceptors (Lipinski definition) is 3. The Hall–Kier alpha value is -1.61. The van der Waals surface area contributed by atoms with Crippen molar-refractivity contribution in [1.82, 2.24) is 9.97 Å². The Bertz CT molecular complexity index is 600. The zero-order valence-corrected chi connectivity index (χ0v) is 13.8. The molecule has 0 unspecified atom stereocenters. The third-order valence-electron chi connectivity index (χ3n) is 3.15. The predicted molar refractivity (Wildman–Crippen MR) is 90.0 cm³/mol. The summed E-state index contributed by atoms with van der Waals surface area (Å²) in [5.74, 6) is 1.61. The highest BCUT2D eigenvalue weighted by molar-refractivity contribution is 6.30. The molecule has 0 saturated carbocycles. The summed E-state index contributed by atoms with van der Waals surface area (Å²) in [5.41, 5.74) is 1.98. The van der Waals surface area contributed by atoms with Crippen LogP contribution in [0.5, 0.6) is 0 Å². The summed E-state index contributed by atoms with van der Waals surface area (Å²) in [6, 6.07) is 9.67. The number of halogens is 1. The second kappa shape index (κ2) is 6.44. The fraction of sp³-hybridized carbons (Fsp3) is 0.412. The number of hydrogen-bond donors (Lipinski definition) is 1. The van der Waals surface area contributed by atoms with Gasteiger partial charge in [0.05, 0.1) is 5.69 Å². The van der Waals surface area contributed by atoms with Gasteiger partial charge in [0.15, 0.2) is 5.82 Å². The Labute approximate surface area is 131 Å². The van der Waals surface area contributed by atoms with Gasteiger partial charge in [0, 0.05) is 28.6 Å². The first kappa shape index (κ1) is 15.8. The van der Waals surface area contributed by atoms with Crippen LogP contribution in [-0.4, -0.2) is 16.5 Å². The zero-order chi connectivity index (χ0) is 15.5. The van der Waals surface area contributed by atoms with E-state index >= 15 is 0 Å². The van der Waals surface area contributed by atoms with E-state index in [4.69, 9.17) is 16.6 Å². The highest BCUT2D eigenvalue weighted by Crippen LogP contribution is 2.26. The van der Waals surface area contributed by atoms with E-state index in [0.29, 0.717) is 0 Å². The largest absolute Gasteiger partial charge is 0.370 e. The van der Waals surface area contributed by atoms with E-state index in [1.807, 2.05) is 30.3 Å². The Morgan fingerprint density at radius 3 is 2.33 bits per heavy atom.